The molecule has 0 N–H and O–H groups in total. The standard InChI is InChI=1S/C21H18O3/c22-21(24-23-16-15-17-9-3-1-4-10-17)20-14-8-7-13-19(20)18-11-5-2-6-12-18/h1-14H,15-16H2. The average Bonchev–Trinajstić information content (AvgIpc) is 2.66. The largest absolute Gasteiger partial charge is 0.373 e. The van der Waals surface area contributed by atoms with E-state index in [4.69, 9.17) is 9.78 Å². The molecule has 120 valence electrons. The van der Waals surface area contributed by atoms with Gasteiger partial charge < -0.3 is 0 Å². The van der Waals surface area contributed by atoms with Crippen LogP contribution < -0.4 is 0 Å². The highest BCUT2D eigenvalue weighted by Crippen LogP contribution is 2.24. The summed E-state index contributed by atoms with van der Waals surface area (Å²) >= 11 is 0. The summed E-state index contributed by atoms with van der Waals surface area (Å²) in [6.07, 6.45) is 0.689. The van der Waals surface area contributed by atoms with E-state index in [-0.39, 0.29) is 0 Å². The maximum atomic E-state index is 12.3. The van der Waals surface area contributed by atoms with Gasteiger partial charge in [-0.05, 0) is 29.2 Å². The third-order valence-corrected chi connectivity index (χ3v) is 3.68. The quantitative estimate of drug-likeness (QED) is 0.376. The number of carbonyl (C=O) groups is 1. The molecule has 3 aromatic rings. The van der Waals surface area contributed by atoms with Crippen molar-refractivity contribution in [3.8, 4) is 11.1 Å². The van der Waals surface area contributed by atoms with Gasteiger partial charge in [0.2, 0.25) is 0 Å². The van der Waals surface area contributed by atoms with Crippen LogP contribution in [0, 0.1) is 0 Å². The highest BCUT2D eigenvalue weighted by Gasteiger charge is 2.14. The molecule has 0 saturated carbocycles. The molecule has 0 saturated heterocycles. The summed E-state index contributed by atoms with van der Waals surface area (Å²) in [5.74, 6) is -0.484. The lowest BCUT2D eigenvalue weighted by Crippen LogP contribution is -2.09. The van der Waals surface area contributed by atoms with Gasteiger partial charge in [0, 0.05) is 0 Å². The second-order valence-corrected chi connectivity index (χ2v) is 5.34. The molecule has 0 aromatic heterocycles. The van der Waals surface area contributed by atoms with Gasteiger partial charge in [0.05, 0.1) is 12.2 Å². The van der Waals surface area contributed by atoms with Gasteiger partial charge in [-0.3, -0.25) is 4.89 Å². The van der Waals surface area contributed by atoms with E-state index in [2.05, 4.69) is 0 Å². The second kappa shape index (κ2) is 8.09. The molecule has 3 nitrogen and oxygen atoms in total. The smallest absolute Gasteiger partial charge is 0.293 e. The van der Waals surface area contributed by atoms with Crippen LogP contribution in [0.5, 0.6) is 0 Å². The van der Waals surface area contributed by atoms with E-state index in [0.717, 1.165) is 16.7 Å². The Kier molecular flexibility index (Phi) is 5.38. The molecule has 24 heavy (non-hydrogen) atoms. The molecule has 0 aliphatic heterocycles. The molecule has 3 heteroatoms. The van der Waals surface area contributed by atoms with Gasteiger partial charge in [-0.25, -0.2) is 4.79 Å². The number of benzene rings is 3. The third kappa shape index (κ3) is 4.09. The summed E-state index contributed by atoms with van der Waals surface area (Å²) < 4.78 is 0. The van der Waals surface area contributed by atoms with Gasteiger partial charge in [0.15, 0.2) is 0 Å². The summed E-state index contributed by atoms with van der Waals surface area (Å²) in [6, 6.07) is 27.0. The van der Waals surface area contributed by atoms with E-state index in [1.807, 2.05) is 78.9 Å². The first-order valence-electron chi connectivity index (χ1n) is 7.87. The lowest BCUT2D eigenvalue weighted by atomic mass is 10.00. The molecule has 3 rings (SSSR count). The van der Waals surface area contributed by atoms with Gasteiger partial charge in [-0.15, -0.1) is 0 Å². The topological polar surface area (TPSA) is 35.5 Å². The number of hydrogen-bond acceptors (Lipinski definition) is 3. The lowest BCUT2D eigenvalue weighted by molar-refractivity contribution is -0.239. The minimum atomic E-state index is -0.484. The summed E-state index contributed by atoms with van der Waals surface area (Å²) in [5.41, 5.74) is 3.42. The molecule has 0 unspecified atom stereocenters. The van der Waals surface area contributed by atoms with Crippen LogP contribution in [0.4, 0.5) is 0 Å². The normalized spacial score (nSPS) is 10.3. The fourth-order valence-corrected chi connectivity index (χ4v) is 2.47. The number of hydrogen-bond donors (Lipinski definition) is 0. The summed E-state index contributed by atoms with van der Waals surface area (Å²) in [4.78, 5) is 22.4. The van der Waals surface area contributed by atoms with E-state index in [1.54, 1.807) is 6.07 Å². The predicted molar refractivity (Wildman–Crippen MR) is 93.4 cm³/mol. The first-order chi connectivity index (χ1) is 11.8. The number of rotatable bonds is 6. The lowest BCUT2D eigenvalue weighted by Gasteiger charge is -2.09. The van der Waals surface area contributed by atoms with Crippen LogP contribution in [-0.2, 0) is 16.2 Å². The maximum Gasteiger partial charge on any atom is 0.373 e. The summed E-state index contributed by atoms with van der Waals surface area (Å²) in [6.45, 7) is 0.323. The van der Waals surface area contributed by atoms with E-state index >= 15 is 0 Å². The molecule has 0 bridgehead atoms. The molecule has 0 aliphatic carbocycles. The van der Waals surface area contributed by atoms with Gasteiger partial charge in [-0.1, -0.05) is 78.9 Å². The van der Waals surface area contributed by atoms with Crippen LogP contribution in [0.2, 0.25) is 0 Å². The zero-order chi connectivity index (χ0) is 16.6. The fourth-order valence-electron chi connectivity index (χ4n) is 2.47. The zero-order valence-corrected chi connectivity index (χ0v) is 13.2. The Morgan fingerprint density at radius 1 is 0.750 bits per heavy atom. The van der Waals surface area contributed by atoms with Gasteiger partial charge in [0.25, 0.3) is 0 Å². The van der Waals surface area contributed by atoms with Crippen LogP contribution in [0.15, 0.2) is 84.9 Å². The highest BCUT2D eigenvalue weighted by atomic mass is 17.2. The zero-order valence-electron chi connectivity index (χ0n) is 13.2. The Bertz CT molecular complexity index is 782. The average molecular weight is 318 g/mol. The van der Waals surface area contributed by atoms with Gasteiger partial charge in [-0.2, -0.15) is 4.89 Å². The van der Waals surface area contributed by atoms with Crippen molar-refractivity contribution in [3.05, 3.63) is 96.1 Å². The minimum absolute atomic E-state index is 0.323. The van der Waals surface area contributed by atoms with Gasteiger partial charge >= 0.3 is 5.97 Å². The predicted octanol–water partition coefficient (Wildman–Crippen LogP) is 4.68. The molecule has 0 amide bonds. The van der Waals surface area contributed by atoms with Crippen molar-refractivity contribution in [1.82, 2.24) is 0 Å². The van der Waals surface area contributed by atoms with E-state index in [1.165, 1.54) is 0 Å². The van der Waals surface area contributed by atoms with Crippen molar-refractivity contribution in [1.29, 1.82) is 0 Å². The SMILES string of the molecule is O=C(OOCCc1ccccc1)c1ccccc1-c1ccccc1. The van der Waals surface area contributed by atoms with Crippen LogP contribution in [0.3, 0.4) is 0 Å². The first kappa shape index (κ1) is 16.0. The van der Waals surface area contributed by atoms with E-state index in [9.17, 15) is 4.79 Å². The minimum Gasteiger partial charge on any atom is -0.293 e. The van der Waals surface area contributed by atoms with Crippen LogP contribution in [0.1, 0.15) is 15.9 Å². The molecule has 0 heterocycles. The van der Waals surface area contributed by atoms with Crippen molar-refractivity contribution >= 4 is 5.97 Å². The van der Waals surface area contributed by atoms with E-state index < -0.39 is 5.97 Å². The van der Waals surface area contributed by atoms with Crippen LogP contribution in [0.25, 0.3) is 11.1 Å². The van der Waals surface area contributed by atoms with E-state index in [0.29, 0.717) is 18.6 Å². The Hall–Kier alpha value is -2.91. The van der Waals surface area contributed by atoms with Crippen molar-refractivity contribution in [2.75, 3.05) is 6.61 Å². The molecule has 0 aliphatic rings. The molecule has 0 spiro atoms. The summed E-state index contributed by atoms with van der Waals surface area (Å²) in [5, 5.41) is 0. The maximum absolute atomic E-state index is 12.3. The molecule has 0 fully saturated rings. The van der Waals surface area contributed by atoms with Crippen molar-refractivity contribution in [2.24, 2.45) is 0 Å². The monoisotopic (exact) mass is 318 g/mol. The Morgan fingerprint density at radius 3 is 2.12 bits per heavy atom. The Labute approximate surface area is 141 Å². The Balaban J connectivity index is 1.61. The molecular formula is C21H18O3. The van der Waals surface area contributed by atoms with Crippen molar-refractivity contribution in [3.63, 3.8) is 0 Å². The Morgan fingerprint density at radius 2 is 1.38 bits per heavy atom. The second-order valence-electron chi connectivity index (χ2n) is 5.34. The molecule has 0 radical (unpaired) electrons. The molecular weight excluding hydrogens is 300 g/mol. The fraction of sp³-hybridized carbons (Fsp3) is 0.0952. The number of carbonyl (C=O) groups excluding carboxylic acids is 1. The molecule has 0 atom stereocenters. The first-order valence-corrected chi connectivity index (χ1v) is 7.87. The summed E-state index contributed by atoms with van der Waals surface area (Å²) in [7, 11) is 0. The van der Waals surface area contributed by atoms with Crippen molar-refractivity contribution in [2.45, 2.75) is 6.42 Å². The van der Waals surface area contributed by atoms with Gasteiger partial charge in [0.1, 0.15) is 0 Å². The third-order valence-electron chi connectivity index (χ3n) is 3.68. The molecule has 3 aromatic carbocycles. The van der Waals surface area contributed by atoms with Crippen molar-refractivity contribution < 1.29 is 14.6 Å². The van der Waals surface area contributed by atoms with Crippen LogP contribution in [-0.4, -0.2) is 12.6 Å². The highest BCUT2D eigenvalue weighted by molar-refractivity contribution is 5.96. The van der Waals surface area contributed by atoms with Crippen LogP contribution >= 0.6 is 0 Å².